The Morgan fingerprint density at radius 3 is 2.67 bits per heavy atom. The summed E-state index contributed by atoms with van der Waals surface area (Å²) >= 11 is 7.51. The second-order valence-corrected chi connectivity index (χ2v) is 9.19. The van der Waals surface area contributed by atoms with Crippen LogP contribution < -0.4 is 5.32 Å². The normalized spacial score (nSPS) is 19.8. The van der Waals surface area contributed by atoms with Crippen molar-refractivity contribution in [2.75, 3.05) is 18.8 Å². The van der Waals surface area contributed by atoms with Crippen LogP contribution in [0.5, 0.6) is 0 Å². The van der Waals surface area contributed by atoms with E-state index >= 15 is 0 Å². The van der Waals surface area contributed by atoms with Gasteiger partial charge in [-0.15, -0.1) is 11.3 Å². The second-order valence-electron chi connectivity index (χ2n) is 5.56. The molecular weight excluding hydrogens is 328 g/mol. The first-order valence-electron chi connectivity index (χ1n) is 7.40. The SMILES string of the molecule is CCCS(=O)(=O)N1CCC(NC(C)c2csc(Cl)c2)CC1. The van der Waals surface area contributed by atoms with Crippen molar-refractivity contribution in [1.29, 1.82) is 0 Å². The van der Waals surface area contributed by atoms with Gasteiger partial charge in [-0.05, 0) is 43.2 Å². The van der Waals surface area contributed by atoms with E-state index in [0.29, 0.717) is 25.6 Å². The van der Waals surface area contributed by atoms with Gasteiger partial charge in [-0.25, -0.2) is 12.7 Å². The first kappa shape index (κ1) is 17.2. The van der Waals surface area contributed by atoms with Crippen LogP contribution in [0.25, 0.3) is 0 Å². The standard InChI is InChI=1S/C14H23ClN2O2S2/c1-3-8-21(18,19)17-6-4-13(5-7-17)16-11(2)12-9-14(15)20-10-12/h9-11,13,16H,3-8H2,1-2H3. The molecule has 0 saturated carbocycles. The lowest BCUT2D eigenvalue weighted by atomic mass is 10.0. The number of nitrogens with one attached hydrogen (secondary N) is 1. The van der Waals surface area contributed by atoms with Crippen molar-refractivity contribution in [3.05, 3.63) is 21.3 Å². The van der Waals surface area contributed by atoms with Gasteiger partial charge in [0.25, 0.3) is 0 Å². The van der Waals surface area contributed by atoms with Crippen molar-refractivity contribution in [3.63, 3.8) is 0 Å². The highest BCUT2D eigenvalue weighted by Crippen LogP contribution is 2.26. The van der Waals surface area contributed by atoms with Gasteiger partial charge in [-0.2, -0.15) is 0 Å². The Hall–Kier alpha value is -0.140. The molecule has 0 radical (unpaired) electrons. The summed E-state index contributed by atoms with van der Waals surface area (Å²) in [6, 6.07) is 2.61. The number of hydrogen-bond acceptors (Lipinski definition) is 4. The van der Waals surface area contributed by atoms with Gasteiger partial charge in [0.15, 0.2) is 0 Å². The zero-order valence-corrected chi connectivity index (χ0v) is 14.9. The van der Waals surface area contributed by atoms with Crippen LogP contribution in [0.4, 0.5) is 0 Å². The van der Waals surface area contributed by atoms with E-state index in [1.807, 2.05) is 13.0 Å². The van der Waals surface area contributed by atoms with Gasteiger partial charge in [-0.1, -0.05) is 18.5 Å². The molecular formula is C14H23ClN2O2S2. The molecule has 120 valence electrons. The van der Waals surface area contributed by atoms with Crippen molar-refractivity contribution in [1.82, 2.24) is 9.62 Å². The molecule has 1 aliphatic heterocycles. The molecule has 0 bridgehead atoms. The molecule has 1 unspecified atom stereocenters. The van der Waals surface area contributed by atoms with E-state index < -0.39 is 10.0 Å². The van der Waals surface area contributed by atoms with E-state index in [1.54, 1.807) is 15.6 Å². The summed E-state index contributed by atoms with van der Waals surface area (Å²) in [5.74, 6) is 0.259. The molecule has 0 aliphatic carbocycles. The lowest BCUT2D eigenvalue weighted by Gasteiger charge is -2.33. The maximum absolute atomic E-state index is 12.0. The number of hydrogen-bond donors (Lipinski definition) is 1. The van der Waals surface area contributed by atoms with Crippen LogP contribution in [0.2, 0.25) is 4.34 Å². The van der Waals surface area contributed by atoms with Crippen LogP contribution in [0.1, 0.15) is 44.7 Å². The predicted molar refractivity (Wildman–Crippen MR) is 89.6 cm³/mol. The maximum Gasteiger partial charge on any atom is 0.214 e. The van der Waals surface area contributed by atoms with Gasteiger partial charge in [0.05, 0.1) is 10.1 Å². The second kappa shape index (κ2) is 7.42. The molecule has 21 heavy (non-hydrogen) atoms. The van der Waals surface area contributed by atoms with Crippen LogP contribution in [0.15, 0.2) is 11.4 Å². The number of rotatable bonds is 6. The smallest absolute Gasteiger partial charge is 0.214 e. The largest absolute Gasteiger partial charge is 0.307 e. The van der Waals surface area contributed by atoms with Crippen LogP contribution in [-0.2, 0) is 10.0 Å². The molecule has 1 atom stereocenters. The monoisotopic (exact) mass is 350 g/mol. The van der Waals surface area contributed by atoms with Crippen molar-refractivity contribution in [2.45, 2.75) is 45.2 Å². The van der Waals surface area contributed by atoms with E-state index in [0.717, 1.165) is 17.2 Å². The summed E-state index contributed by atoms with van der Waals surface area (Å²) in [6.45, 7) is 5.27. The van der Waals surface area contributed by atoms with E-state index in [-0.39, 0.29) is 11.8 Å². The molecule has 7 heteroatoms. The first-order chi connectivity index (χ1) is 9.92. The van der Waals surface area contributed by atoms with E-state index in [1.165, 1.54) is 5.56 Å². The lowest BCUT2D eigenvalue weighted by molar-refractivity contribution is 0.277. The van der Waals surface area contributed by atoms with Crippen LogP contribution in [-0.4, -0.2) is 37.6 Å². The van der Waals surface area contributed by atoms with Gasteiger partial charge in [0.2, 0.25) is 10.0 Å². The fourth-order valence-corrected chi connectivity index (χ4v) is 5.21. The summed E-state index contributed by atoms with van der Waals surface area (Å²) in [5, 5.41) is 5.65. The summed E-state index contributed by atoms with van der Waals surface area (Å²) in [4.78, 5) is 0. The molecule has 1 N–H and O–H groups in total. The summed E-state index contributed by atoms with van der Waals surface area (Å²) < 4.78 is 26.5. The average molecular weight is 351 g/mol. The minimum Gasteiger partial charge on any atom is -0.307 e. The fraction of sp³-hybridized carbons (Fsp3) is 0.714. The zero-order chi connectivity index (χ0) is 15.5. The average Bonchev–Trinajstić information content (AvgIpc) is 2.86. The number of piperidine rings is 1. The molecule has 0 aromatic carbocycles. The summed E-state index contributed by atoms with van der Waals surface area (Å²) in [7, 11) is -3.04. The highest BCUT2D eigenvalue weighted by Gasteiger charge is 2.27. The van der Waals surface area contributed by atoms with E-state index in [9.17, 15) is 8.42 Å². The van der Waals surface area contributed by atoms with Crippen molar-refractivity contribution >= 4 is 33.0 Å². The molecule has 1 fully saturated rings. The van der Waals surface area contributed by atoms with Crippen molar-refractivity contribution in [2.24, 2.45) is 0 Å². The highest BCUT2D eigenvalue weighted by molar-refractivity contribution is 7.89. The molecule has 1 saturated heterocycles. The quantitative estimate of drug-likeness (QED) is 0.856. The van der Waals surface area contributed by atoms with Gasteiger partial charge >= 0.3 is 0 Å². The Bertz CT molecular complexity index is 551. The molecule has 1 aliphatic rings. The molecule has 2 heterocycles. The third kappa shape index (κ3) is 4.66. The van der Waals surface area contributed by atoms with Gasteiger partial charge in [0.1, 0.15) is 0 Å². The minimum atomic E-state index is -3.04. The molecule has 1 aromatic rings. The van der Waals surface area contributed by atoms with Crippen molar-refractivity contribution in [3.8, 4) is 0 Å². The number of nitrogens with zero attached hydrogens (tertiary/aromatic N) is 1. The Balaban J connectivity index is 1.84. The van der Waals surface area contributed by atoms with Crippen LogP contribution in [0, 0.1) is 0 Å². The Morgan fingerprint density at radius 1 is 1.48 bits per heavy atom. The third-order valence-electron chi connectivity index (χ3n) is 3.88. The first-order valence-corrected chi connectivity index (χ1v) is 10.3. The van der Waals surface area contributed by atoms with Crippen LogP contribution >= 0.6 is 22.9 Å². The molecule has 0 amide bonds. The third-order valence-corrected chi connectivity index (χ3v) is 7.07. The molecule has 0 spiro atoms. The molecule has 4 nitrogen and oxygen atoms in total. The highest BCUT2D eigenvalue weighted by atomic mass is 35.5. The number of sulfonamides is 1. The molecule has 2 rings (SSSR count). The predicted octanol–water partition coefficient (Wildman–Crippen LogP) is 3.26. The number of halogens is 1. The Labute approximate surface area is 136 Å². The molecule has 1 aromatic heterocycles. The Kier molecular flexibility index (Phi) is 6.08. The summed E-state index contributed by atoms with van der Waals surface area (Å²) in [6.07, 6.45) is 2.41. The topological polar surface area (TPSA) is 49.4 Å². The Morgan fingerprint density at radius 2 is 2.14 bits per heavy atom. The van der Waals surface area contributed by atoms with E-state index in [2.05, 4.69) is 17.6 Å². The maximum atomic E-state index is 12.0. The summed E-state index contributed by atoms with van der Waals surface area (Å²) in [5.41, 5.74) is 1.20. The van der Waals surface area contributed by atoms with Gasteiger partial charge < -0.3 is 5.32 Å². The van der Waals surface area contributed by atoms with Gasteiger partial charge in [-0.3, -0.25) is 0 Å². The minimum absolute atomic E-state index is 0.248. The van der Waals surface area contributed by atoms with E-state index in [4.69, 9.17) is 11.6 Å². The fourth-order valence-electron chi connectivity index (χ4n) is 2.69. The van der Waals surface area contributed by atoms with Crippen molar-refractivity contribution < 1.29 is 8.42 Å². The zero-order valence-electron chi connectivity index (χ0n) is 12.5. The number of thiophene rings is 1. The van der Waals surface area contributed by atoms with Gasteiger partial charge in [0, 0.05) is 25.2 Å². The van der Waals surface area contributed by atoms with Crippen LogP contribution in [0.3, 0.4) is 0 Å². The lowest BCUT2D eigenvalue weighted by Crippen LogP contribution is -2.46.